The molecule has 0 spiro atoms. The Hall–Kier alpha value is -0.570. The van der Waals surface area contributed by atoms with Crippen molar-refractivity contribution in [2.24, 2.45) is 5.92 Å². The quantitative estimate of drug-likeness (QED) is 0.839. The minimum absolute atomic E-state index is 0.00272. The molecule has 3 heteroatoms. The summed E-state index contributed by atoms with van der Waals surface area (Å²) >= 11 is 6.03. The van der Waals surface area contributed by atoms with Crippen LogP contribution >= 0.6 is 11.6 Å². The number of hydrogen-bond donors (Lipinski definition) is 1. The van der Waals surface area contributed by atoms with E-state index in [0.29, 0.717) is 6.61 Å². The molecule has 1 aromatic carbocycles. The van der Waals surface area contributed by atoms with Gasteiger partial charge in [-0.05, 0) is 56.3 Å². The van der Waals surface area contributed by atoms with Gasteiger partial charge in [0.1, 0.15) is 0 Å². The number of benzene rings is 1. The highest BCUT2D eigenvalue weighted by atomic mass is 35.5. The lowest BCUT2D eigenvalue weighted by Crippen LogP contribution is -2.45. The van der Waals surface area contributed by atoms with E-state index in [2.05, 4.69) is 18.3 Å². The molecule has 2 nitrogen and oxygen atoms in total. The van der Waals surface area contributed by atoms with E-state index in [9.17, 15) is 0 Å². The summed E-state index contributed by atoms with van der Waals surface area (Å²) in [4.78, 5) is 0. The van der Waals surface area contributed by atoms with Gasteiger partial charge in [0, 0.05) is 11.6 Å². The number of rotatable bonds is 6. The summed E-state index contributed by atoms with van der Waals surface area (Å²) in [5.74, 6) is 0.884. The minimum Gasteiger partial charge on any atom is -0.369 e. The predicted octanol–water partition coefficient (Wildman–Crippen LogP) is 4.42. The van der Waals surface area contributed by atoms with E-state index < -0.39 is 0 Å². The molecular formula is C17H26ClNO. The molecule has 0 bridgehead atoms. The molecule has 0 unspecified atom stereocenters. The van der Waals surface area contributed by atoms with E-state index in [0.717, 1.165) is 35.9 Å². The Morgan fingerprint density at radius 2 is 2.10 bits per heavy atom. The molecule has 1 N–H and O–H groups in total. The third-order valence-electron chi connectivity index (χ3n) is 4.53. The first-order chi connectivity index (χ1) is 9.67. The first-order valence-electron chi connectivity index (χ1n) is 7.70. The van der Waals surface area contributed by atoms with Crippen LogP contribution in [0.1, 0.15) is 44.6 Å². The second-order valence-corrected chi connectivity index (χ2v) is 6.42. The molecule has 1 saturated carbocycles. The van der Waals surface area contributed by atoms with Crippen molar-refractivity contribution >= 4 is 11.6 Å². The van der Waals surface area contributed by atoms with E-state index in [1.54, 1.807) is 0 Å². The van der Waals surface area contributed by atoms with Crippen LogP contribution in [0.4, 0.5) is 0 Å². The van der Waals surface area contributed by atoms with E-state index in [4.69, 9.17) is 16.3 Å². The lowest BCUT2D eigenvalue weighted by Gasteiger charge is -2.40. The Labute approximate surface area is 127 Å². The van der Waals surface area contributed by atoms with Gasteiger partial charge in [-0.1, -0.05) is 37.1 Å². The molecule has 0 amide bonds. The topological polar surface area (TPSA) is 21.3 Å². The second kappa shape index (κ2) is 7.44. The molecular weight excluding hydrogens is 270 g/mol. The largest absolute Gasteiger partial charge is 0.369 e. The summed E-state index contributed by atoms with van der Waals surface area (Å²) in [6.07, 6.45) is 6.19. The molecule has 112 valence electrons. The Morgan fingerprint density at radius 1 is 1.35 bits per heavy atom. The van der Waals surface area contributed by atoms with Crippen LogP contribution in [0, 0.1) is 5.92 Å². The van der Waals surface area contributed by atoms with E-state index in [1.165, 1.54) is 19.3 Å². The molecule has 0 atom stereocenters. The number of likely N-dealkylation sites (N-methyl/N-ethyl adjacent to an activating group) is 1. The van der Waals surface area contributed by atoms with Crippen LogP contribution in [0.2, 0.25) is 5.02 Å². The standard InChI is InChI=1S/C17H26ClNO/c1-3-14-7-9-17(10-8-14,13-19-2)20-12-15-5-4-6-16(18)11-15/h4-6,11,14,19H,3,7-10,12-13H2,1-2H3. The Morgan fingerprint density at radius 3 is 2.70 bits per heavy atom. The highest BCUT2D eigenvalue weighted by Crippen LogP contribution is 2.36. The Balaban J connectivity index is 1.95. The van der Waals surface area contributed by atoms with Crippen LogP contribution in [-0.2, 0) is 11.3 Å². The molecule has 20 heavy (non-hydrogen) atoms. The third-order valence-corrected chi connectivity index (χ3v) is 4.76. The number of ether oxygens (including phenoxy) is 1. The van der Waals surface area contributed by atoms with E-state index in [-0.39, 0.29) is 5.60 Å². The van der Waals surface area contributed by atoms with Gasteiger partial charge in [0.2, 0.25) is 0 Å². The summed E-state index contributed by atoms with van der Waals surface area (Å²) in [6.45, 7) is 3.88. The minimum atomic E-state index is 0.00272. The molecule has 1 fully saturated rings. The van der Waals surface area contributed by atoms with Gasteiger partial charge < -0.3 is 10.1 Å². The maximum atomic E-state index is 6.32. The van der Waals surface area contributed by atoms with Crippen molar-refractivity contribution in [3.05, 3.63) is 34.9 Å². The molecule has 0 radical (unpaired) electrons. The summed E-state index contributed by atoms with van der Waals surface area (Å²) in [6, 6.07) is 7.96. The zero-order valence-corrected chi connectivity index (χ0v) is 13.4. The lowest BCUT2D eigenvalue weighted by molar-refractivity contribution is -0.0853. The number of hydrogen-bond acceptors (Lipinski definition) is 2. The first-order valence-corrected chi connectivity index (χ1v) is 8.08. The molecule has 0 heterocycles. The third kappa shape index (κ3) is 4.21. The molecule has 1 aliphatic rings. The van der Waals surface area contributed by atoms with Crippen LogP contribution < -0.4 is 5.32 Å². The molecule has 1 aliphatic carbocycles. The zero-order chi connectivity index (χ0) is 14.4. The smallest absolute Gasteiger partial charge is 0.0810 e. The zero-order valence-electron chi connectivity index (χ0n) is 12.6. The van der Waals surface area contributed by atoms with Gasteiger partial charge in [0.25, 0.3) is 0 Å². The van der Waals surface area contributed by atoms with Gasteiger partial charge >= 0.3 is 0 Å². The van der Waals surface area contributed by atoms with Crippen molar-refractivity contribution in [1.29, 1.82) is 0 Å². The van der Waals surface area contributed by atoms with Gasteiger partial charge in [-0.2, -0.15) is 0 Å². The fraction of sp³-hybridized carbons (Fsp3) is 0.647. The average Bonchev–Trinajstić information content (AvgIpc) is 2.47. The maximum Gasteiger partial charge on any atom is 0.0810 e. The maximum absolute atomic E-state index is 6.32. The highest BCUT2D eigenvalue weighted by Gasteiger charge is 2.35. The Kier molecular flexibility index (Phi) is 5.88. The summed E-state index contributed by atoms with van der Waals surface area (Å²) < 4.78 is 6.32. The van der Waals surface area contributed by atoms with Crippen molar-refractivity contribution in [2.75, 3.05) is 13.6 Å². The SMILES string of the molecule is CCC1CCC(CNC)(OCc2cccc(Cl)c2)CC1. The summed E-state index contributed by atoms with van der Waals surface area (Å²) in [7, 11) is 2.01. The van der Waals surface area contributed by atoms with E-state index >= 15 is 0 Å². The first kappa shape index (κ1) is 15.8. The normalized spacial score (nSPS) is 26.6. The van der Waals surface area contributed by atoms with Crippen LogP contribution in [0.15, 0.2) is 24.3 Å². The monoisotopic (exact) mass is 295 g/mol. The van der Waals surface area contributed by atoms with Crippen molar-refractivity contribution in [3.63, 3.8) is 0 Å². The van der Waals surface area contributed by atoms with Crippen LogP contribution in [0.5, 0.6) is 0 Å². The van der Waals surface area contributed by atoms with Gasteiger partial charge in [-0.3, -0.25) is 0 Å². The molecule has 1 aromatic rings. The molecule has 0 aromatic heterocycles. The van der Waals surface area contributed by atoms with Crippen molar-refractivity contribution in [2.45, 2.75) is 51.2 Å². The fourth-order valence-electron chi connectivity index (χ4n) is 3.17. The predicted molar refractivity (Wildman–Crippen MR) is 85.1 cm³/mol. The Bertz CT molecular complexity index is 413. The molecule has 0 aliphatic heterocycles. The molecule has 2 rings (SSSR count). The van der Waals surface area contributed by atoms with Crippen molar-refractivity contribution in [1.82, 2.24) is 5.32 Å². The fourth-order valence-corrected chi connectivity index (χ4v) is 3.38. The van der Waals surface area contributed by atoms with E-state index in [1.807, 2.05) is 25.2 Å². The number of nitrogens with one attached hydrogen (secondary N) is 1. The molecule has 0 saturated heterocycles. The van der Waals surface area contributed by atoms with Crippen molar-refractivity contribution < 1.29 is 4.74 Å². The summed E-state index contributed by atoms with van der Waals surface area (Å²) in [5, 5.41) is 4.09. The van der Waals surface area contributed by atoms with Gasteiger partial charge in [-0.25, -0.2) is 0 Å². The highest BCUT2D eigenvalue weighted by molar-refractivity contribution is 6.30. The van der Waals surface area contributed by atoms with Crippen LogP contribution in [0.25, 0.3) is 0 Å². The number of halogens is 1. The summed E-state index contributed by atoms with van der Waals surface area (Å²) in [5.41, 5.74) is 1.16. The van der Waals surface area contributed by atoms with Crippen LogP contribution in [-0.4, -0.2) is 19.2 Å². The lowest BCUT2D eigenvalue weighted by atomic mass is 9.77. The average molecular weight is 296 g/mol. The van der Waals surface area contributed by atoms with Gasteiger partial charge in [-0.15, -0.1) is 0 Å². The van der Waals surface area contributed by atoms with Gasteiger partial charge in [0.05, 0.1) is 12.2 Å². The second-order valence-electron chi connectivity index (χ2n) is 5.98. The van der Waals surface area contributed by atoms with Gasteiger partial charge in [0.15, 0.2) is 0 Å². The van der Waals surface area contributed by atoms with Crippen LogP contribution in [0.3, 0.4) is 0 Å². The van der Waals surface area contributed by atoms with Crippen molar-refractivity contribution in [3.8, 4) is 0 Å².